The predicted octanol–water partition coefficient (Wildman–Crippen LogP) is 4.32. The van der Waals surface area contributed by atoms with E-state index in [0.717, 1.165) is 24.7 Å². The number of rotatable bonds is 4. The Morgan fingerprint density at radius 1 is 1.03 bits per heavy atom. The summed E-state index contributed by atoms with van der Waals surface area (Å²) in [7, 11) is 1.99. The van der Waals surface area contributed by atoms with Gasteiger partial charge in [-0.1, -0.05) is 45.0 Å². The van der Waals surface area contributed by atoms with Crippen LogP contribution in [0.5, 0.6) is 0 Å². The third kappa shape index (κ3) is 5.04. The van der Waals surface area contributed by atoms with Crippen molar-refractivity contribution in [3.05, 3.63) is 59.2 Å². The molecule has 1 fully saturated rings. The molecule has 0 aliphatic carbocycles. The number of alkyl halides is 3. The van der Waals surface area contributed by atoms with Gasteiger partial charge in [-0.15, -0.1) is 0 Å². The van der Waals surface area contributed by atoms with Crippen LogP contribution in [0.2, 0.25) is 0 Å². The topological polar surface area (TPSA) is 81.9 Å². The number of piperazine rings is 1. The first kappa shape index (κ1) is 26.9. The lowest BCUT2D eigenvalue weighted by Crippen LogP contribution is -2.66. The van der Waals surface area contributed by atoms with Crippen LogP contribution in [0.1, 0.15) is 37.5 Å². The van der Waals surface area contributed by atoms with Crippen LogP contribution in [-0.4, -0.2) is 60.5 Å². The Morgan fingerprint density at radius 2 is 1.68 bits per heavy atom. The van der Waals surface area contributed by atoms with Crippen molar-refractivity contribution in [2.24, 2.45) is 11.1 Å². The lowest BCUT2D eigenvalue weighted by molar-refractivity contribution is -0.138. The number of fused-ring (bicyclic) bond motifs is 1. The van der Waals surface area contributed by atoms with Crippen LogP contribution in [0.3, 0.4) is 0 Å². The molecule has 0 aromatic heterocycles. The number of carbonyl (C=O) groups excluding carboxylic acids is 2. The molecule has 0 radical (unpaired) electrons. The molecule has 0 saturated carbocycles. The second-order valence-corrected chi connectivity index (χ2v) is 11.0. The second kappa shape index (κ2) is 9.64. The molecule has 37 heavy (non-hydrogen) atoms. The van der Waals surface area contributed by atoms with Gasteiger partial charge in [0.05, 0.1) is 5.56 Å². The van der Waals surface area contributed by atoms with Crippen LogP contribution < -0.4 is 16.0 Å². The highest BCUT2D eigenvalue weighted by molar-refractivity contribution is 6.10. The van der Waals surface area contributed by atoms with E-state index in [1.54, 1.807) is 12.1 Å². The lowest BCUT2D eigenvalue weighted by atomic mass is 9.70. The van der Waals surface area contributed by atoms with E-state index in [-0.39, 0.29) is 24.2 Å². The highest BCUT2D eigenvalue weighted by Gasteiger charge is 2.59. The van der Waals surface area contributed by atoms with Gasteiger partial charge in [0.1, 0.15) is 5.54 Å². The number of amides is 3. The molecule has 1 atom stereocenters. The number of urea groups is 1. The molecule has 0 spiro atoms. The zero-order valence-electron chi connectivity index (χ0n) is 21.7. The number of carbonyl (C=O) groups is 2. The van der Waals surface area contributed by atoms with E-state index in [4.69, 9.17) is 5.73 Å². The summed E-state index contributed by atoms with van der Waals surface area (Å²) < 4.78 is 42.3. The molecule has 10 heteroatoms. The molecule has 1 unspecified atom stereocenters. The van der Waals surface area contributed by atoms with Gasteiger partial charge in [-0.2, -0.15) is 13.2 Å². The van der Waals surface area contributed by atoms with Gasteiger partial charge in [-0.25, -0.2) is 4.79 Å². The Kier molecular flexibility index (Phi) is 7.02. The van der Waals surface area contributed by atoms with Gasteiger partial charge in [-0.05, 0) is 41.8 Å². The summed E-state index contributed by atoms with van der Waals surface area (Å²) in [5.41, 5.74) is 4.23. The smallest absolute Gasteiger partial charge is 0.351 e. The first-order chi connectivity index (χ1) is 17.2. The summed E-state index contributed by atoms with van der Waals surface area (Å²) in [6.07, 6.45) is -4.40. The van der Waals surface area contributed by atoms with Crippen molar-refractivity contribution in [3.63, 3.8) is 0 Å². The first-order valence-electron chi connectivity index (χ1n) is 12.3. The average molecular weight is 518 g/mol. The van der Waals surface area contributed by atoms with Crippen molar-refractivity contribution in [1.82, 2.24) is 9.80 Å². The Bertz CT molecular complexity index is 1190. The van der Waals surface area contributed by atoms with Crippen molar-refractivity contribution in [2.45, 2.75) is 45.5 Å². The molecule has 2 aliphatic heterocycles. The van der Waals surface area contributed by atoms with Crippen molar-refractivity contribution < 1.29 is 22.8 Å². The molecule has 3 amide bonds. The third-order valence-electron chi connectivity index (χ3n) is 7.56. The van der Waals surface area contributed by atoms with Gasteiger partial charge >= 0.3 is 12.2 Å². The Balaban J connectivity index is 1.67. The minimum atomic E-state index is -4.59. The first-order valence-corrected chi connectivity index (χ1v) is 12.3. The number of para-hydroxylation sites is 1. The van der Waals surface area contributed by atoms with Crippen molar-refractivity contribution >= 4 is 23.3 Å². The summed E-state index contributed by atoms with van der Waals surface area (Å²) in [5, 5.41) is 2.69. The summed E-state index contributed by atoms with van der Waals surface area (Å²) in [5.74, 6) is -0.588. The monoisotopic (exact) mass is 517 g/mol. The van der Waals surface area contributed by atoms with Crippen molar-refractivity contribution in [3.8, 4) is 0 Å². The molecule has 0 bridgehead atoms. The van der Waals surface area contributed by atoms with Gasteiger partial charge < -0.3 is 16.0 Å². The number of halogens is 3. The van der Waals surface area contributed by atoms with Crippen LogP contribution >= 0.6 is 0 Å². The molecule has 1 saturated heterocycles. The van der Waals surface area contributed by atoms with E-state index in [1.165, 1.54) is 17.0 Å². The van der Waals surface area contributed by atoms with E-state index in [0.29, 0.717) is 18.8 Å². The van der Waals surface area contributed by atoms with Crippen LogP contribution in [-0.2, 0) is 23.9 Å². The SMILES string of the molecule is CN1CCN(Cc2ccc(NC(=O)C3(C(C)(C)C)Cc4ccccc4N3C(N)=O)cc2C(F)(F)F)CC1. The molecule has 7 nitrogen and oxygen atoms in total. The van der Waals surface area contributed by atoms with E-state index >= 15 is 0 Å². The number of likely N-dealkylation sites (N-methyl/N-ethyl adjacent to an activating group) is 1. The molecule has 200 valence electrons. The van der Waals surface area contributed by atoms with Gasteiger partial charge in [0.15, 0.2) is 0 Å². The summed E-state index contributed by atoms with van der Waals surface area (Å²) in [4.78, 5) is 32.0. The van der Waals surface area contributed by atoms with Crippen LogP contribution in [0.4, 0.5) is 29.3 Å². The average Bonchev–Trinajstić information content (AvgIpc) is 3.18. The Labute approximate surface area is 215 Å². The molecular formula is C27H34F3N5O2. The van der Waals surface area contributed by atoms with E-state index in [1.807, 2.05) is 44.9 Å². The summed E-state index contributed by atoms with van der Waals surface area (Å²) in [6.45, 7) is 8.58. The summed E-state index contributed by atoms with van der Waals surface area (Å²) >= 11 is 0. The van der Waals surface area contributed by atoms with Crippen molar-refractivity contribution in [2.75, 3.05) is 43.4 Å². The highest BCUT2D eigenvalue weighted by Crippen LogP contribution is 2.49. The number of nitrogens with two attached hydrogens (primary N) is 1. The normalized spacial score (nSPS) is 21.1. The fraction of sp³-hybridized carbons (Fsp3) is 0.481. The zero-order chi connectivity index (χ0) is 27.2. The van der Waals surface area contributed by atoms with E-state index in [9.17, 15) is 22.8 Å². The molecule has 3 N–H and O–H groups in total. The van der Waals surface area contributed by atoms with Crippen LogP contribution in [0, 0.1) is 5.41 Å². The van der Waals surface area contributed by atoms with E-state index < -0.39 is 34.6 Å². The number of benzene rings is 2. The van der Waals surface area contributed by atoms with Gasteiger partial charge in [0.25, 0.3) is 5.91 Å². The maximum absolute atomic E-state index is 14.1. The van der Waals surface area contributed by atoms with Gasteiger partial charge in [0, 0.05) is 50.5 Å². The number of hydrogen-bond acceptors (Lipinski definition) is 4. The quantitative estimate of drug-likeness (QED) is 0.633. The molecule has 2 aliphatic rings. The lowest BCUT2D eigenvalue weighted by Gasteiger charge is -2.46. The maximum Gasteiger partial charge on any atom is 0.416 e. The number of hydrogen-bond donors (Lipinski definition) is 2. The largest absolute Gasteiger partial charge is 0.416 e. The predicted molar refractivity (Wildman–Crippen MR) is 137 cm³/mol. The maximum atomic E-state index is 14.1. The highest BCUT2D eigenvalue weighted by atomic mass is 19.4. The Morgan fingerprint density at radius 3 is 2.27 bits per heavy atom. The molecule has 2 aromatic rings. The molecule has 2 heterocycles. The fourth-order valence-electron chi connectivity index (χ4n) is 5.41. The zero-order valence-corrected chi connectivity index (χ0v) is 21.7. The number of anilines is 2. The molecule has 4 rings (SSSR count). The van der Waals surface area contributed by atoms with Crippen molar-refractivity contribution in [1.29, 1.82) is 0 Å². The number of nitrogens with zero attached hydrogens (tertiary/aromatic N) is 3. The molecule has 2 aromatic carbocycles. The second-order valence-electron chi connectivity index (χ2n) is 11.0. The van der Waals surface area contributed by atoms with Crippen LogP contribution in [0.15, 0.2) is 42.5 Å². The summed E-state index contributed by atoms with van der Waals surface area (Å²) in [6, 6.07) is 10.2. The molecular weight excluding hydrogens is 483 g/mol. The minimum absolute atomic E-state index is 0.0171. The number of nitrogens with one attached hydrogen (secondary N) is 1. The number of primary amides is 1. The van der Waals surface area contributed by atoms with Gasteiger partial charge in [-0.3, -0.25) is 14.6 Å². The van der Waals surface area contributed by atoms with Crippen LogP contribution in [0.25, 0.3) is 0 Å². The standard InChI is InChI=1S/C27H34F3N5O2/c1-25(2,3)26(16-18-7-5-6-8-22(18)35(26)24(31)37)23(36)32-20-10-9-19(21(15-20)27(28,29)30)17-34-13-11-33(4)12-14-34/h5-10,15H,11-14,16-17H2,1-4H3,(H2,31,37)(H,32,36). The van der Waals surface area contributed by atoms with E-state index in [2.05, 4.69) is 10.2 Å². The minimum Gasteiger partial charge on any atom is -0.351 e. The fourth-order valence-corrected chi connectivity index (χ4v) is 5.41. The van der Waals surface area contributed by atoms with Gasteiger partial charge in [0.2, 0.25) is 0 Å². The third-order valence-corrected chi connectivity index (χ3v) is 7.56. The Hall–Kier alpha value is -3.11.